The van der Waals surface area contributed by atoms with Gasteiger partial charge in [0, 0.05) is 25.3 Å². The Balaban J connectivity index is 1.38. The molecule has 0 unspecified atom stereocenters. The van der Waals surface area contributed by atoms with E-state index in [2.05, 4.69) is 0 Å². The third-order valence-electron chi connectivity index (χ3n) is 7.74. The number of nitrogens with zero attached hydrogens (tertiary/aromatic N) is 3. The van der Waals surface area contributed by atoms with Crippen molar-refractivity contribution in [2.45, 2.75) is 31.7 Å². The number of hydrogen-bond acceptors (Lipinski definition) is 6. The lowest BCUT2D eigenvalue weighted by Gasteiger charge is -2.33. The summed E-state index contributed by atoms with van der Waals surface area (Å²) < 4.78 is 38.6. The second kappa shape index (κ2) is 9.58. The number of anilines is 1. The Hall–Kier alpha value is -4.54. The number of imide groups is 1. The van der Waals surface area contributed by atoms with Crippen molar-refractivity contribution in [2.75, 3.05) is 31.6 Å². The molecule has 1 aromatic heterocycles. The number of methoxy groups -OCH3 is 1. The lowest BCUT2D eigenvalue weighted by atomic mass is 10.0. The van der Waals surface area contributed by atoms with Gasteiger partial charge in [-0.25, -0.2) is 13.6 Å². The third kappa shape index (κ3) is 4.04. The van der Waals surface area contributed by atoms with Crippen molar-refractivity contribution in [3.8, 4) is 5.75 Å². The van der Waals surface area contributed by atoms with Gasteiger partial charge in [-0.1, -0.05) is 12.1 Å². The Kier molecular flexibility index (Phi) is 6.16. The molecule has 2 aromatic carbocycles. The van der Waals surface area contributed by atoms with Crippen LogP contribution in [0.15, 0.2) is 52.7 Å². The molecule has 9 nitrogen and oxygen atoms in total. The summed E-state index contributed by atoms with van der Waals surface area (Å²) in [6.45, 7) is -0.176. The van der Waals surface area contributed by atoms with Crippen LogP contribution in [-0.2, 0) is 0 Å². The highest BCUT2D eigenvalue weighted by Gasteiger charge is 2.37. The van der Waals surface area contributed by atoms with Crippen molar-refractivity contribution in [3.05, 3.63) is 80.7 Å². The zero-order valence-corrected chi connectivity index (χ0v) is 21.6. The molecule has 3 aliphatic rings. The summed E-state index contributed by atoms with van der Waals surface area (Å²) in [7, 11) is 1.34. The number of amides is 2. The molecule has 2 aliphatic heterocycles. The van der Waals surface area contributed by atoms with E-state index in [0.29, 0.717) is 30.5 Å². The summed E-state index contributed by atoms with van der Waals surface area (Å²) in [5.74, 6) is -3.90. The largest absolute Gasteiger partial charge is 0.492 e. The summed E-state index contributed by atoms with van der Waals surface area (Å²) in [6, 6.07) is 7.29. The second-order valence-electron chi connectivity index (χ2n) is 10.2. The minimum absolute atomic E-state index is 0.0192. The number of fused-ring (bicyclic) bond motifs is 2. The van der Waals surface area contributed by atoms with Gasteiger partial charge in [0.15, 0.2) is 11.6 Å². The van der Waals surface area contributed by atoms with Crippen LogP contribution in [0.5, 0.6) is 5.75 Å². The quantitative estimate of drug-likeness (QED) is 0.457. The Morgan fingerprint density at radius 1 is 1.12 bits per heavy atom. The monoisotopic (exact) mass is 549 g/mol. The highest BCUT2D eigenvalue weighted by molar-refractivity contribution is 6.21. The number of carbonyl (C=O) groups excluding carboxylic acids is 2. The Morgan fingerprint density at radius 2 is 1.80 bits per heavy atom. The number of halogens is 2. The fraction of sp³-hybridized carbons (Fsp3) is 0.310. The molecular formula is C29H25F2N3O6. The van der Waals surface area contributed by atoms with Crippen LogP contribution in [0.25, 0.3) is 10.9 Å². The van der Waals surface area contributed by atoms with E-state index in [1.807, 2.05) is 0 Å². The zero-order chi connectivity index (χ0) is 28.3. The molecule has 2 amide bonds. The van der Waals surface area contributed by atoms with Gasteiger partial charge in [-0.05, 0) is 49.5 Å². The molecule has 0 radical (unpaired) electrons. The first-order valence-corrected chi connectivity index (χ1v) is 13.0. The molecule has 6 rings (SSSR count). The molecule has 206 valence electrons. The highest BCUT2D eigenvalue weighted by Crippen LogP contribution is 2.44. The van der Waals surface area contributed by atoms with Crippen LogP contribution < -0.4 is 15.1 Å². The maximum Gasteiger partial charge on any atom is 0.341 e. The third-order valence-corrected chi connectivity index (χ3v) is 7.74. The molecule has 1 N–H and O–H groups in total. The lowest BCUT2D eigenvalue weighted by molar-refractivity contribution is 0.0655. The average Bonchev–Trinajstić information content (AvgIpc) is 3.77. The van der Waals surface area contributed by atoms with E-state index in [-0.39, 0.29) is 40.5 Å². The lowest BCUT2D eigenvalue weighted by Crippen LogP contribution is -2.35. The number of ether oxygens (including phenoxy) is 1. The van der Waals surface area contributed by atoms with Gasteiger partial charge in [-0.15, -0.1) is 0 Å². The van der Waals surface area contributed by atoms with Crippen LogP contribution in [0, 0.1) is 5.82 Å². The minimum Gasteiger partial charge on any atom is -0.492 e. The van der Waals surface area contributed by atoms with Crippen molar-refractivity contribution < 1.29 is 33.0 Å². The van der Waals surface area contributed by atoms with Crippen LogP contribution in [0.1, 0.15) is 62.8 Å². The maximum absolute atomic E-state index is 15.7. The number of aromatic nitrogens is 1. The van der Waals surface area contributed by atoms with Gasteiger partial charge < -0.3 is 19.3 Å². The molecule has 1 aliphatic carbocycles. The number of piperidine rings is 1. The first kappa shape index (κ1) is 25.7. The van der Waals surface area contributed by atoms with E-state index in [1.165, 1.54) is 25.4 Å². The van der Waals surface area contributed by atoms with Crippen LogP contribution >= 0.6 is 0 Å². The van der Waals surface area contributed by atoms with Crippen molar-refractivity contribution in [1.29, 1.82) is 0 Å². The van der Waals surface area contributed by atoms with Crippen molar-refractivity contribution >= 4 is 34.4 Å². The Bertz CT molecular complexity index is 1670. The van der Waals surface area contributed by atoms with E-state index in [0.717, 1.165) is 23.8 Å². The smallest absolute Gasteiger partial charge is 0.341 e. The van der Waals surface area contributed by atoms with Gasteiger partial charge in [0.05, 0.1) is 35.7 Å². The van der Waals surface area contributed by atoms with Gasteiger partial charge in [-0.2, -0.15) is 0 Å². The van der Waals surface area contributed by atoms with E-state index in [9.17, 15) is 24.3 Å². The van der Waals surface area contributed by atoms with E-state index >= 15 is 8.78 Å². The van der Waals surface area contributed by atoms with Gasteiger partial charge >= 0.3 is 5.97 Å². The summed E-state index contributed by atoms with van der Waals surface area (Å²) in [6.07, 6.45) is 3.65. The highest BCUT2D eigenvalue weighted by atomic mass is 19.1. The normalized spacial score (nSPS) is 18.4. The second-order valence-corrected chi connectivity index (χ2v) is 10.2. The van der Waals surface area contributed by atoms with Crippen LogP contribution in [0.2, 0.25) is 0 Å². The molecule has 3 aromatic rings. The standard InChI is InChI=1S/C29H25F2N3O6/c1-40-26-23-19(25(35)20(29(38)39)13-33(23)16-8-9-16)11-21(30)24(26)32-10-4-5-15(12-32)22(31)14-34-27(36)17-6-2-3-7-18(17)28(34)37/h2-3,6-7,11,13,16H,4-5,8-10,12,14H2,1H3,(H,38,39)/b22-15+. The summed E-state index contributed by atoms with van der Waals surface area (Å²) in [5, 5.41) is 9.44. The number of aromatic carboxylic acids is 1. The van der Waals surface area contributed by atoms with Gasteiger partial charge in [0.25, 0.3) is 11.8 Å². The molecule has 2 fully saturated rings. The van der Waals surface area contributed by atoms with Gasteiger partial charge in [-0.3, -0.25) is 19.3 Å². The topological polar surface area (TPSA) is 109 Å². The predicted molar refractivity (Wildman–Crippen MR) is 141 cm³/mol. The van der Waals surface area contributed by atoms with Gasteiger partial charge in [0.1, 0.15) is 17.1 Å². The Morgan fingerprint density at radius 3 is 2.40 bits per heavy atom. The molecule has 1 saturated carbocycles. The van der Waals surface area contributed by atoms with E-state index in [4.69, 9.17) is 4.74 Å². The zero-order valence-electron chi connectivity index (χ0n) is 21.6. The number of pyridine rings is 1. The Labute approximate surface area is 226 Å². The fourth-order valence-electron chi connectivity index (χ4n) is 5.64. The molecule has 0 bridgehead atoms. The number of carbonyl (C=O) groups is 3. The number of rotatable bonds is 6. The number of benzene rings is 2. The molecule has 0 spiro atoms. The first-order chi connectivity index (χ1) is 19.2. The summed E-state index contributed by atoms with van der Waals surface area (Å²) >= 11 is 0. The van der Waals surface area contributed by atoms with Crippen molar-refractivity contribution in [3.63, 3.8) is 0 Å². The molecule has 11 heteroatoms. The van der Waals surface area contributed by atoms with Gasteiger partial charge in [0.2, 0.25) is 5.43 Å². The number of carboxylic acid groups (broad SMARTS) is 1. The minimum atomic E-state index is -1.40. The number of carboxylic acids is 1. The fourth-order valence-corrected chi connectivity index (χ4v) is 5.64. The molecular weight excluding hydrogens is 524 g/mol. The number of hydrogen-bond donors (Lipinski definition) is 1. The van der Waals surface area contributed by atoms with E-state index < -0.39 is 47.0 Å². The van der Waals surface area contributed by atoms with Crippen molar-refractivity contribution in [1.82, 2.24) is 9.47 Å². The van der Waals surface area contributed by atoms with Crippen molar-refractivity contribution in [2.24, 2.45) is 0 Å². The first-order valence-electron chi connectivity index (χ1n) is 13.0. The van der Waals surface area contributed by atoms with Crippen LogP contribution in [0.3, 0.4) is 0 Å². The molecule has 1 saturated heterocycles. The molecule has 0 atom stereocenters. The predicted octanol–water partition coefficient (Wildman–Crippen LogP) is 4.30. The maximum atomic E-state index is 15.7. The molecule has 40 heavy (non-hydrogen) atoms. The SMILES string of the molecule is COc1c(N2CCC/C(=C(\F)CN3C(=O)c4ccccc4C3=O)C2)c(F)cc2c(=O)c(C(=O)O)cn(C3CC3)c12. The van der Waals surface area contributed by atoms with E-state index in [1.54, 1.807) is 21.6 Å². The van der Waals surface area contributed by atoms with Crippen LogP contribution in [0.4, 0.5) is 14.5 Å². The average molecular weight is 550 g/mol. The van der Waals surface area contributed by atoms with Crippen LogP contribution in [-0.4, -0.2) is 59.1 Å². The molecule has 3 heterocycles. The summed E-state index contributed by atoms with van der Waals surface area (Å²) in [5.41, 5.74) is -0.152. The summed E-state index contributed by atoms with van der Waals surface area (Å²) in [4.78, 5) is 52.6.